The van der Waals surface area contributed by atoms with Crippen LogP contribution in [0, 0.1) is 5.41 Å². The molecule has 1 unspecified atom stereocenters. The zero-order chi connectivity index (χ0) is 18.4. The number of carbonyl (C=O) groups is 1. The first kappa shape index (κ1) is 19.0. The number of nitrogens with one attached hydrogen (secondary N) is 1. The summed E-state index contributed by atoms with van der Waals surface area (Å²) in [6, 6.07) is 8.06. The van der Waals surface area contributed by atoms with E-state index in [9.17, 15) is 4.79 Å². The summed E-state index contributed by atoms with van der Waals surface area (Å²) >= 11 is 0. The minimum absolute atomic E-state index is 0.0182. The maximum atomic E-state index is 12.8. The first-order chi connectivity index (χ1) is 12.6. The highest BCUT2D eigenvalue weighted by atomic mass is 16.5. The Hall–Kier alpha value is -1.75. The van der Waals surface area contributed by atoms with Gasteiger partial charge < -0.3 is 19.7 Å². The van der Waals surface area contributed by atoms with Crippen LogP contribution in [0.25, 0.3) is 0 Å². The highest BCUT2D eigenvalue weighted by molar-refractivity contribution is 5.75. The SMILES string of the molecule is CCCOc1ccc(C(C)NC(=O)N2CCCC3(CCOCC3)C2)cc1. The summed E-state index contributed by atoms with van der Waals surface area (Å²) in [6.07, 6.45) is 5.45. The van der Waals surface area contributed by atoms with Gasteiger partial charge in [-0.25, -0.2) is 4.79 Å². The summed E-state index contributed by atoms with van der Waals surface area (Å²) in [5.74, 6) is 0.881. The molecule has 144 valence electrons. The third-order valence-electron chi connectivity index (χ3n) is 5.70. The van der Waals surface area contributed by atoms with E-state index in [1.54, 1.807) is 0 Å². The van der Waals surface area contributed by atoms with Crippen LogP contribution in [0.3, 0.4) is 0 Å². The van der Waals surface area contributed by atoms with Gasteiger partial charge in [0.05, 0.1) is 12.6 Å². The summed E-state index contributed by atoms with van der Waals surface area (Å²) in [5, 5.41) is 3.17. The molecule has 2 saturated heterocycles. The molecule has 3 rings (SSSR count). The van der Waals surface area contributed by atoms with E-state index < -0.39 is 0 Å². The molecule has 0 bridgehead atoms. The van der Waals surface area contributed by atoms with Gasteiger partial charge in [-0.3, -0.25) is 0 Å². The fourth-order valence-corrected chi connectivity index (χ4v) is 4.03. The number of amides is 2. The Balaban J connectivity index is 1.55. The molecule has 5 heteroatoms. The number of rotatable bonds is 5. The van der Waals surface area contributed by atoms with Crippen LogP contribution in [0.2, 0.25) is 0 Å². The second-order valence-electron chi connectivity index (χ2n) is 7.73. The molecule has 0 saturated carbocycles. The van der Waals surface area contributed by atoms with Crippen molar-refractivity contribution in [3.63, 3.8) is 0 Å². The molecule has 1 N–H and O–H groups in total. The van der Waals surface area contributed by atoms with Crippen LogP contribution < -0.4 is 10.1 Å². The standard InChI is InChI=1S/C21H32N2O3/c1-3-13-26-19-7-5-18(6-8-19)17(2)22-20(24)23-12-4-9-21(16-23)10-14-25-15-11-21/h5-8,17H,3-4,9-16H2,1-2H3,(H,22,24). The summed E-state index contributed by atoms with van der Waals surface area (Å²) in [4.78, 5) is 14.8. The zero-order valence-corrected chi connectivity index (χ0v) is 16.1. The quantitative estimate of drug-likeness (QED) is 0.859. The first-order valence-corrected chi connectivity index (χ1v) is 9.98. The molecule has 1 aromatic rings. The van der Waals surface area contributed by atoms with E-state index in [1.807, 2.05) is 36.1 Å². The monoisotopic (exact) mass is 360 g/mol. The van der Waals surface area contributed by atoms with Crippen molar-refractivity contribution in [2.45, 2.75) is 52.0 Å². The first-order valence-electron chi connectivity index (χ1n) is 9.98. The lowest BCUT2D eigenvalue weighted by Gasteiger charge is -2.45. The summed E-state index contributed by atoms with van der Waals surface area (Å²) < 4.78 is 11.1. The van der Waals surface area contributed by atoms with Crippen LogP contribution in [-0.4, -0.2) is 43.8 Å². The van der Waals surface area contributed by atoms with Crippen molar-refractivity contribution >= 4 is 6.03 Å². The lowest BCUT2D eigenvalue weighted by molar-refractivity contribution is -0.0187. The summed E-state index contributed by atoms with van der Waals surface area (Å²) in [7, 11) is 0. The highest BCUT2D eigenvalue weighted by Gasteiger charge is 2.38. The van der Waals surface area contributed by atoms with Gasteiger partial charge in [-0.15, -0.1) is 0 Å². The molecule has 2 heterocycles. The molecule has 2 aliphatic rings. The van der Waals surface area contributed by atoms with Crippen molar-refractivity contribution in [3.05, 3.63) is 29.8 Å². The molecule has 0 aromatic heterocycles. The number of piperidine rings is 1. The minimum Gasteiger partial charge on any atom is -0.494 e. The Kier molecular flexibility index (Phi) is 6.41. The number of hydrogen-bond acceptors (Lipinski definition) is 3. The van der Waals surface area contributed by atoms with E-state index in [-0.39, 0.29) is 17.5 Å². The normalized spacial score (nSPS) is 20.6. The molecular weight excluding hydrogens is 328 g/mol. The van der Waals surface area contributed by atoms with E-state index in [0.29, 0.717) is 0 Å². The third kappa shape index (κ3) is 4.70. The molecule has 0 aliphatic carbocycles. The van der Waals surface area contributed by atoms with Crippen molar-refractivity contribution in [2.24, 2.45) is 5.41 Å². The van der Waals surface area contributed by atoms with Gasteiger partial charge >= 0.3 is 6.03 Å². The lowest BCUT2D eigenvalue weighted by atomic mass is 9.74. The van der Waals surface area contributed by atoms with E-state index in [2.05, 4.69) is 12.2 Å². The molecule has 1 atom stereocenters. The van der Waals surface area contributed by atoms with Gasteiger partial charge in [-0.2, -0.15) is 0 Å². The number of hydrogen-bond donors (Lipinski definition) is 1. The van der Waals surface area contributed by atoms with Crippen molar-refractivity contribution in [3.8, 4) is 5.75 Å². The van der Waals surface area contributed by atoms with Crippen LogP contribution in [0.4, 0.5) is 4.79 Å². The molecule has 1 spiro atoms. The molecule has 0 radical (unpaired) electrons. The fraction of sp³-hybridized carbons (Fsp3) is 0.667. The van der Waals surface area contributed by atoms with Crippen molar-refractivity contribution in [1.82, 2.24) is 10.2 Å². The number of urea groups is 1. The number of ether oxygens (including phenoxy) is 2. The zero-order valence-electron chi connectivity index (χ0n) is 16.1. The fourth-order valence-electron chi connectivity index (χ4n) is 4.03. The Labute approximate surface area is 157 Å². The van der Waals surface area contributed by atoms with E-state index in [0.717, 1.165) is 69.9 Å². The third-order valence-corrected chi connectivity index (χ3v) is 5.70. The average molecular weight is 360 g/mol. The number of likely N-dealkylation sites (tertiary alicyclic amines) is 1. The van der Waals surface area contributed by atoms with Crippen LogP contribution in [0.1, 0.15) is 57.6 Å². The van der Waals surface area contributed by atoms with E-state index in [4.69, 9.17) is 9.47 Å². The molecule has 26 heavy (non-hydrogen) atoms. The number of nitrogens with zero attached hydrogens (tertiary/aromatic N) is 1. The van der Waals surface area contributed by atoms with Crippen molar-refractivity contribution in [2.75, 3.05) is 32.9 Å². The van der Waals surface area contributed by atoms with Crippen molar-refractivity contribution < 1.29 is 14.3 Å². The van der Waals surface area contributed by atoms with E-state index >= 15 is 0 Å². The predicted molar refractivity (Wildman–Crippen MR) is 102 cm³/mol. The van der Waals surface area contributed by atoms with Crippen LogP contribution in [0.15, 0.2) is 24.3 Å². The Morgan fingerprint density at radius 1 is 1.27 bits per heavy atom. The smallest absolute Gasteiger partial charge is 0.317 e. The molecule has 2 amide bonds. The predicted octanol–water partition coefficient (Wildman–Crippen LogP) is 4.14. The highest BCUT2D eigenvalue weighted by Crippen LogP contribution is 2.39. The topological polar surface area (TPSA) is 50.8 Å². The van der Waals surface area contributed by atoms with Gasteiger partial charge in [0, 0.05) is 26.3 Å². The lowest BCUT2D eigenvalue weighted by Crippen LogP contribution is -2.51. The van der Waals surface area contributed by atoms with Gasteiger partial charge in [0.1, 0.15) is 5.75 Å². The maximum Gasteiger partial charge on any atom is 0.317 e. The van der Waals surface area contributed by atoms with Gasteiger partial charge in [-0.05, 0) is 62.1 Å². The molecule has 2 aliphatic heterocycles. The second-order valence-corrected chi connectivity index (χ2v) is 7.73. The van der Waals surface area contributed by atoms with E-state index in [1.165, 1.54) is 6.42 Å². The largest absolute Gasteiger partial charge is 0.494 e. The van der Waals surface area contributed by atoms with Crippen LogP contribution in [-0.2, 0) is 4.74 Å². The molecule has 2 fully saturated rings. The van der Waals surface area contributed by atoms with Crippen LogP contribution in [0.5, 0.6) is 5.75 Å². The van der Waals surface area contributed by atoms with Gasteiger partial charge in [0.15, 0.2) is 0 Å². The van der Waals surface area contributed by atoms with Gasteiger partial charge in [0.2, 0.25) is 0 Å². The van der Waals surface area contributed by atoms with Crippen molar-refractivity contribution in [1.29, 1.82) is 0 Å². The Morgan fingerprint density at radius 3 is 2.69 bits per heavy atom. The van der Waals surface area contributed by atoms with Crippen LogP contribution >= 0.6 is 0 Å². The molecule has 5 nitrogen and oxygen atoms in total. The van der Waals surface area contributed by atoms with Gasteiger partial charge in [-0.1, -0.05) is 19.1 Å². The summed E-state index contributed by atoms with van der Waals surface area (Å²) in [6.45, 7) is 8.23. The Bertz CT molecular complexity index is 576. The molecular formula is C21H32N2O3. The second kappa shape index (κ2) is 8.76. The number of carbonyl (C=O) groups excluding carboxylic acids is 1. The van der Waals surface area contributed by atoms with Gasteiger partial charge in [0.25, 0.3) is 0 Å². The maximum absolute atomic E-state index is 12.8. The molecule has 1 aromatic carbocycles. The summed E-state index contributed by atoms with van der Waals surface area (Å²) in [5.41, 5.74) is 1.37. The Morgan fingerprint density at radius 2 is 2.00 bits per heavy atom. The average Bonchev–Trinajstić information content (AvgIpc) is 2.67. The number of benzene rings is 1. The minimum atomic E-state index is -0.0182.